The van der Waals surface area contributed by atoms with Gasteiger partial charge in [-0.2, -0.15) is 0 Å². The Morgan fingerprint density at radius 2 is 0.875 bits per heavy atom. The highest BCUT2D eigenvalue weighted by Gasteiger charge is 2.42. The zero-order chi connectivity index (χ0) is 30.8. The SMILES string of the molecule is c1ccc2c(c1)Oc1ccc3c4nc5c6ccc7c8c6n(c5cc4n4c3c1B2c1ccccc1-4)-c1ccccc1B8c1ccccc1O7. The van der Waals surface area contributed by atoms with Crippen LogP contribution in [0.4, 0.5) is 0 Å². The summed E-state index contributed by atoms with van der Waals surface area (Å²) in [7, 11) is 0. The molecule has 0 fully saturated rings. The minimum Gasteiger partial charge on any atom is -0.458 e. The van der Waals surface area contributed by atoms with Crippen LogP contribution in [0, 0.1) is 0 Å². The summed E-state index contributed by atoms with van der Waals surface area (Å²) in [6.45, 7) is 0.184. The second kappa shape index (κ2) is 8.01. The van der Waals surface area contributed by atoms with E-state index >= 15 is 0 Å². The van der Waals surface area contributed by atoms with Crippen LogP contribution in [0.25, 0.3) is 55.2 Å². The van der Waals surface area contributed by atoms with Crippen LogP contribution in [0.15, 0.2) is 127 Å². The Bertz CT molecular complexity index is 2800. The molecule has 48 heavy (non-hydrogen) atoms. The summed E-state index contributed by atoms with van der Waals surface area (Å²) in [5.74, 6) is 3.70. The van der Waals surface area contributed by atoms with Gasteiger partial charge >= 0.3 is 0 Å². The van der Waals surface area contributed by atoms with Crippen molar-refractivity contribution < 1.29 is 9.47 Å². The normalized spacial score (nSPS) is 14.1. The number of rotatable bonds is 0. The lowest BCUT2D eigenvalue weighted by atomic mass is 9.34. The number of pyridine rings is 1. The second-order valence-corrected chi connectivity index (χ2v) is 13.4. The average Bonchev–Trinajstić information content (AvgIpc) is 3.65. The maximum absolute atomic E-state index is 6.58. The lowest BCUT2D eigenvalue weighted by Gasteiger charge is -2.32. The molecule has 0 amide bonds. The van der Waals surface area contributed by atoms with E-state index in [-0.39, 0.29) is 13.4 Å². The molecule has 6 aromatic carbocycles. The van der Waals surface area contributed by atoms with Gasteiger partial charge in [-0.05, 0) is 87.4 Å². The number of para-hydroxylation sites is 4. The van der Waals surface area contributed by atoms with Crippen molar-refractivity contribution in [2.75, 3.05) is 0 Å². The molecule has 218 valence electrons. The van der Waals surface area contributed by atoms with Gasteiger partial charge in [0.05, 0.1) is 33.1 Å². The maximum atomic E-state index is 6.58. The van der Waals surface area contributed by atoms with E-state index in [1.807, 2.05) is 0 Å². The van der Waals surface area contributed by atoms with Gasteiger partial charge in [-0.3, -0.25) is 0 Å². The summed E-state index contributed by atoms with van der Waals surface area (Å²) in [5.41, 5.74) is 16.4. The molecule has 7 heterocycles. The Labute approximate surface area is 274 Å². The quantitative estimate of drug-likeness (QED) is 0.224. The number of hydrogen-bond acceptors (Lipinski definition) is 3. The Kier molecular flexibility index (Phi) is 4.01. The van der Waals surface area contributed by atoms with Crippen LogP contribution in [0.5, 0.6) is 23.0 Å². The fourth-order valence-corrected chi connectivity index (χ4v) is 9.44. The Morgan fingerprint density at radius 3 is 1.38 bits per heavy atom. The molecule has 0 saturated carbocycles. The van der Waals surface area contributed by atoms with E-state index in [0.717, 1.165) is 55.8 Å². The third kappa shape index (κ3) is 2.60. The molecule has 13 rings (SSSR count). The van der Waals surface area contributed by atoms with Gasteiger partial charge < -0.3 is 18.6 Å². The topological polar surface area (TPSA) is 41.2 Å². The Morgan fingerprint density at radius 1 is 0.438 bits per heavy atom. The first-order valence-corrected chi connectivity index (χ1v) is 16.5. The number of nitrogens with zero attached hydrogens (tertiary/aromatic N) is 3. The van der Waals surface area contributed by atoms with Gasteiger partial charge in [0.25, 0.3) is 13.4 Å². The molecule has 0 spiro atoms. The van der Waals surface area contributed by atoms with E-state index in [1.165, 1.54) is 55.2 Å². The van der Waals surface area contributed by atoms with Crippen molar-refractivity contribution >= 4 is 90.1 Å². The van der Waals surface area contributed by atoms with E-state index < -0.39 is 0 Å². The van der Waals surface area contributed by atoms with Gasteiger partial charge in [-0.1, -0.05) is 72.8 Å². The second-order valence-electron chi connectivity index (χ2n) is 13.4. The van der Waals surface area contributed by atoms with Crippen LogP contribution >= 0.6 is 0 Å². The number of fused-ring (bicyclic) bond motifs is 16. The molecule has 4 aliphatic heterocycles. The van der Waals surface area contributed by atoms with Crippen LogP contribution < -0.4 is 42.3 Å². The number of ether oxygens (including phenoxy) is 2. The molecule has 0 atom stereocenters. The van der Waals surface area contributed by atoms with Gasteiger partial charge in [0.2, 0.25) is 0 Å². The van der Waals surface area contributed by atoms with E-state index in [9.17, 15) is 0 Å². The number of aromatic nitrogens is 3. The molecule has 7 heteroatoms. The minimum absolute atomic E-state index is 0.0922. The zero-order valence-corrected chi connectivity index (χ0v) is 25.4. The fourth-order valence-electron chi connectivity index (χ4n) is 9.44. The minimum atomic E-state index is 0.0922. The van der Waals surface area contributed by atoms with Crippen molar-refractivity contribution in [1.82, 2.24) is 14.1 Å². The van der Waals surface area contributed by atoms with Gasteiger partial charge in [-0.25, -0.2) is 4.98 Å². The first-order chi connectivity index (χ1) is 23.8. The molecular weight excluding hydrogens is 588 g/mol. The van der Waals surface area contributed by atoms with E-state index in [0.29, 0.717) is 0 Å². The average molecular weight is 609 g/mol. The van der Waals surface area contributed by atoms with Gasteiger partial charge in [-0.15, -0.1) is 0 Å². The van der Waals surface area contributed by atoms with Crippen molar-refractivity contribution in [3.05, 3.63) is 127 Å². The lowest BCUT2D eigenvalue weighted by Crippen LogP contribution is -2.58. The summed E-state index contributed by atoms with van der Waals surface area (Å²) in [6, 6.07) is 45.7. The molecule has 9 aromatic rings. The molecule has 0 N–H and O–H groups in total. The summed E-state index contributed by atoms with van der Waals surface area (Å²) in [4.78, 5) is 5.62. The van der Waals surface area contributed by atoms with Crippen LogP contribution in [0.2, 0.25) is 0 Å². The smallest absolute Gasteiger partial charge is 0.256 e. The summed E-state index contributed by atoms with van der Waals surface area (Å²) >= 11 is 0. The first kappa shape index (κ1) is 24.0. The third-order valence-corrected chi connectivity index (χ3v) is 11.2. The monoisotopic (exact) mass is 609 g/mol. The molecule has 0 aliphatic carbocycles. The molecule has 5 nitrogen and oxygen atoms in total. The van der Waals surface area contributed by atoms with Gasteiger partial charge in [0.15, 0.2) is 0 Å². The summed E-state index contributed by atoms with van der Waals surface area (Å²) in [5, 5.41) is 2.30. The fraction of sp³-hybridized carbons (Fsp3) is 0. The largest absolute Gasteiger partial charge is 0.458 e. The predicted molar refractivity (Wildman–Crippen MR) is 195 cm³/mol. The summed E-state index contributed by atoms with van der Waals surface area (Å²) < 4.78 is 18.1. The van der Waals surface area contributed by atoms with Gasteiger partial charge in [0, 0.05) is 22.1 Å². The lowest BCUT2D eigenvalue weighted by molar-refractivity contribution is 0.487. The van der Waals surface area contributed by atoms with Gasteiger partial charge in [0.1, 0.15) is 23.0 Å². The predicted octanol–water partition coefficient (Wildman–Crippen LogP) is 5.15. The van der Waals surface area contributed by atoms with Crippen LogP contribution in [-0.2, 0) is 0 Å². The molecular formula is C41H21B2N3O2. The van der Waals surface area contributed by atoms with Crippen LogP contribution in [0.3, 0.4) is 0 Å². The van der Waals surface area contributed by atoms with Crippen molar-refractivity contribution in [3.8, 4) is 34.4 Å². The van der Waals surface area contributed by atoms with Crippen molar-refractivity contribution in [1.29, 1.82) is 0 Å². The van der Waals surface area contributed by atoms with Crippen LogP contribution in [0.1, 0.15) is 0 Å². The van der Waals surface area contributed by atoms with E-state index in [1.54, 1.807) is 0 Å². The highest BCUT2D eigenvalue weighted by Crippen LogP contribution is 2.42. The Hall–Kier alpha value is -6.20. The first-order valence-electron chi connectivity index (χ1n) is 16.5. The highest BCUT2D eigenvalue weighted by molar-refractivity contribution is 7.00. The van der Waals surface area contributed by atoms with E-state index in [4.69, 9.17) is 14.5 Å². The molecule has 0 unspecified atom stereocenters. The molecule has 0 bridgehead atoms. The van der Waals surface area contributed by atoms with Crippen molar-refractivity contribution in [3.63, 3.8) is 0 Å². The molecule has 0 radical (unpaired) electrons. The van der Waals surface area contributed by atoms with Crippen molar-refractivity contribution in [2.24, 2.45) is 0 Å². The standard InChI is InChI=1S/C41H21B2N3O2/c1-5-13-28-24(9-1)42-26-11-3-7-15-32(26)47-34-19-17-22-38-30(45(28)40(22)36(34)42)21-31-39(44-38)23-18-20-35-37-41(23)46(31)29-14-6-2-10-25(29)43(37)27-12-4-8-16-33(27)48-35/h1-21H. The molecule has 0 saturated heterocycles. The molecule has 4 aliphatic rings. The number of benzene rings is 6. The number of hydrogen-bond donors (Lipinski definition) is 0. The molecule has 3 aromatic heterocycles. The maximum Gasteiger partial charge on any atom is 0.256 e. The Balaban J connectivity index is 1.20. The summed E-state index contributed by atoms with van der Waals surface area (Å²) in [6.07, 6.45) is 0. The zero-order valence-electron chi connectivity index (χ0n) is 25.4. The highest BCUT2D eigenvalue weighted by atomic mass is 16.5. The van der Waals surface area contributed by atoms with E-state index in [2.05, 4.69) is 137 Å². The van der Waals surface area contributed by atoms with Crippen molar-refractivity contribution in [2.45, 2.75) is 0 Å². The third-order valence-electron chi connectivity index (χ3n) is 11.2. The van der Waals surface area contributed by atoms with Crippen LogP contribution in [-0.4, -0.2) is 27.5 Å².